The summed E-state index contributed by atoms with van der Waals surface area (Å²) in [6.45, 7) is 2.01. The van der Waals surface area contributed by atoms with Gasteiger partial charge in [-0.05, 0) is 18.6 Å². The minimum atomic E-state index is -0.816. The lowest BCUT2D eigenvalue weighted by molar-refractivity contribution is -0.145. The second-order valence-electron chi connectivity index (χ2n) is 4.41. The molecular formula is C13H17N3O3. The molecule has 2 aromatic rings. The van der Waals surface area contributed by atoms with Crippen molar-refractivity contribution >= 4 is 16.9 Å². The van der Waals surface area contributed by atoms with E-state index >= 15 is 0 Å². The van der Waals surface area contributed by atoms with E-state index in [0.717, 1.165) is 16.5 Å². The van der Waals surface area contributed by atoms with Gasteiger partial charge >= 0.3 is 5.97 Å². The van der Waals surface area contributed by atoms with Gasteiger partial charge in [-0.1, -0.05) is 12.1 Å². The highest BCUT2D eigenvalue weighted by Crippen LogP contribution is 2.12. The Hall–Kier alpha value is -1.92. The van der Waals surface area contributed by atoms with Gasteiger partial charge in [-0.15, -0.1) is 0 Å². The number of aliphatic hydroxyl groups is 1. The maximum absolute atomic E-state index is 11.5. The van der Waals surface area contributed by atoms with E-state index in [4.69, 9.17) is 0 Å². The Morgan fingerprint density at radius 3 is 3.05 bits per heavy atom. The van der Waals surface area contributed by atoms with E-state index in [1.165, 1.54) is 7.11 Å². The maximum Gasteiger partial charge on any atom is 0.325 e. The van der Waals surface area contributed by atoms with Crippen molar-refractivity contribution < 1.29 is 14.6 Å². The summed E-state index contributed by atoms with van der Waals surface area (Å²) in [6.07, 6.45) is 0.933. The van der Waals surface area contributed by atoms with Crippen molar-refractivity contribution in [3.8, 4) is 0 Å². The van der Waals surface area contributed by atoms with E-state index in [1.807, 2.05) is 18.2 Å². The highest BCUT2D eigenvalue weighted by Gasteiger charge is 2.23. The molecule has 2 rings (SSSR count). The lowest BCUT2D eigenvalue weighted by Gasteiger charge is -2.18. The molecule has 0 aliphatic carbocycles. The van der Waals surface area contributed by atoms with Gasteiger partial charge in [-0.3, -0.25) is 15.2 Å². The monoisotopic (exact) mass is 263 g/mol. The summed E-state index contributed by atoms with van der Waals surface area (Å²) in [5.41, 5.74) is 1.93. The molecule has 0 saturated heterocycles. The average molecular weight is 263 g/mol. The Bertz CT molecular complexity index is 565. The summed E-state index contributed by atoms with van der Waals surface area (Å²) in [5, 5.41) is 20.4. The summed E-state index contributed by atoms with van der Waals surface area (Å²) < 4.78 is 4.64. The molecule has 0 unspecified atom stereocenters. The predicted molar refractivity (Wildman–Crippen MR) is 70.4 cm³/mol. The fraction of sp³-hybridized carbons (Fsp3) is 0.385. The van der Waals surface area contributed by atoms with E-state index in [9.17, 15) is 9.90 Å². The van der Waals surface area contributed by atoms with Crippen LogP contribution in [0.3, 0.4) is 0 Å². The largest absolute Gasteiger partial charge is 0.468 e. The lowest BCUT2D eigenvalue weighted by atomic mass is 10.1. The minimum absolute atomic E-state index is 0.458. The molecule has 1 aromatic heterocycles. The zero-order valence-electron chi connectivity index (χ0n) is 10.9. The van der Waals surface area contributed by atoms with Gasteiger partial charge in [-0.25, -0.2) is 0 Å². The standard InChI is InChI=1S/C13H17N3O3/c1-8(17)12(13(18)19-2)14-6-9-3-4-10-7-15-16-11(10)5-9/h3-5,7-8,12,14,17H,6H2,1-2H3,(H,15,16)/t8-,12-/m1/s1. The number of esters is 1. The van der Waals surface area contributed by atoms with Crippen molar-refractivity contribution in [3.05, 3.63) is 30.0 Å². The zero-order valence-corrected chi connectivity index (χ0v) is 10.9. The summed E-state index contributed by atoms with van der Waals surface area (Å²) in [7, 11) is 1.30. The number of carbonyl (C=O) groups is 1. The Balaban J connectivity index is 2.05. The molecule has 19 heavy (non-hydrogen) atoms. The van der Waals surface area contributed by atoms with Crippen molar-refractivity contribution in [3.63, 3.8) is 0 Å². The predicted octanol–water partition coefficient (Wildman–Crippen LogP) is 0.575. The molecule has 0 amide bonds. The number of fused-ring (bicyclic) bond motifs is 1. The first kappa shape index (κ1) is 13.5. The van der Waals surface area contributed by atoms with E-state index in [2.05, 4.69) is 20.3 Å². The summed E-state index contributed by atoms with van der Waals surface area (Å²) >= 11 is 0. The van der Waals surface area contributed by atoms with E-state index in [-0.39, 0.29) is 0 Å². The number of aliphatic hydroxyl groups excluding tert-OH is 1. The Labute approximate surface area is 110 Å². The number of benzene rings is 1. The zero-order chi connectivity index (χ0) is 13.8. The maximum atomic E-state index is 11.5. The molecular weight excluding hydrogens is 246 g/mol. The number of nitrogens with zero attached hydrogens (tertiary/aromatic N) is 1. The van der Waals surface area contributed by atoms with Crippen LogP contribution in [0.2, 0.25) is 0 Å². The van der Waals surface area contributed by atoms with E-state index < -0.39 is 18.1 Å². The molecule has 102 valence electrons. The molecule has 6 nitrogen and oxygen atoms in total. The van der Waals surface area contributed by atoms with Crippen LogP contribution in [0.1, 0.15) is 12.5 Å². The van der Waals surface area contributed by atoms with E-state index in [1.54, 1.807) is 13.1 Å². The SMILES string of the molecule is COC(=O)[C@H](NCc1ccc2cn[nH]c2c1)[C@@H](C)O. The number of rotatable bonds is 5. The Kier molecular flexibility index (Phi) is 4.13. The summed E-state index contributed by atoms with van der Waals surface area (Å²) in [4.78, 5) is 11.5. The number of nitrogens with one attached hydrogen (secondary N) is 2. The van der Waals surface area contributed by atoms with Gasteiger partial charge in [0.2, 0.25) is 0 Å². The van der Waals surface area contributed by atoms with Crippen LogP contribution in [0.15, 0.2) is 24.4 Å². The molecule has 1 aromatic carbocycles. The fourth-order valence-corrected chi connectivity index (χ4v) is 1.90. The van der Waals surface area contributed by atoms with Crippen LogP contribution < -0.4 is 5.32 Å². The smallest absolute Gasteiger partial charge is 0.325 e. The van der Waals surface area contributed by atoms with Crippen molar-refractivity contribution in [1.82, 2.24) is 15.5 Å². The van der Waals surface area contributed by atoms with Crippen LogP contribution in [0.25, 0.3) is 10.9 Å². The molecule has 0 fully saturated rings. The van der Waals surface area contributed by atoms with Gasteiger partial charge in [0.25, 0.3) is 0 Å². The van der Waals surface area contributed by atoms with Crippen molar-refractivity contribution in [2.24, 2.45) is 0 Å². The van der Waals surface area contributed by atoms with Crippen molar-refractivity contribution in [1.29, 1.82) is 0 Å². The number of carbonyl (C=O) groups excluding carboxylic acids is 1. The highest BCUT2D eigenvalue weighted by atomic mass is 16.5. The summed E-state index contributed by atoms with van der Waals surface area (Å²) in [5.74, 6) is -0.474. The van der Waals surface area contributed by atoms with Crippen LogP contribution in [0.5, 0.6) is 0 Å². The third kappa shape index (κ3) is 3.10. The van der Waals surface area contributed by atoms with Gasteiger partial charge in [-0.2, -0.15) is 5.10 Å². The van der Waals surface area contributed by atoms with Gasteiger partial charge in [0.15, 0.2) is 0 Å². The molecule has 1 heterocycles. The number of aromatic amines is 1. The molecule has 0 aliphatic heterocycles. The first-order valence-corrected chi connectivity index (χ1v) is 6.03. The van der Waals surface area contributed by atoms with Crippen LogP contribution in [0, 0.1) is 0 Å². The van der Waals surface area contributed by atoms with E-state index in [0.29, 0.717) is 6.54 Å². The number of hydrogen-bond acceptors (Lipinski definition) is 5. The van der Waals surface area contributed by atoms with Gasteiger partial charge in [0.1, 0.15) is 6.04 Å². The third-order valence-electron chi connectivity index (χ3n) is 2.97. The van der Waals surface area contributed by atoms with Crippen molar-refractivity contribution in [2.45, 2.75) is 25.6 Å². The number of ether oxygens (including phenoxy) is 1. The summed E-state index contributed by atoms with van der Waals surface area (Å²) in [6, 6.07) is 5.11. The normalized spacial score (nSPS) is 14.3. The van der Waals surface area contributed by atoms with Crippen LogP contribution in [-0.2, 0) is 16.1 Å². The molecule has 0 radical (unpaired) electrons. The molecule has 3 N–H and O–H groups in total. The Morgan fingerprint density at radius 1 is 1.58 bits per heavy atom. The highest BCUT2D eigenvalue weighted by molar-refractivity contribution is 5.78. The van der Waals surface area contributed by atoms with Crippen LogP contribution in [-0.4, -0.2) is 40.5 Å². The number of aromatic nitrogens is 2. The number of methoxy groups -OCH3 is 1. The third-order valence-corrected chi connectivity index (χ3v) is 2.97. The lowest BCUT2D eigenvalue weighted by Crippen LogP contribution is -2.45. The molecule has 2 atom stereocenters. The molecule has 0 aliphatic rings. The quantitative estimate of drug-likeness (QED) is 0.687. The first-order chi connectivity index (χ1) is 9.11. The molecule has 0 saturated carbocycles. The molecule has 0 bridgehead atoms. The Morgan fingerprint density at radius 2 is 2.37 bits per heavy atom. The molecule has 6 heteroatoms. The van der Waals surface area contributed by atoms with Crippen LogP contribution in [0.4, 0.5) is 0 Å². The molecule has 0 spiro atoms. The second kappa shape index (κ2) is 5.81. The first-order valence-electron chi connectivity index (χ1n) is 6.03. The minimum Gasteiger partial charge on any atom is -0.468 e. The number of H-pyrrole nitrogens is 1. The second-order valence-corrected chi connectivity index (χ2v) is 4.41. The number of hydrogen-bond donors (Lipinski definition) is 3. The van der Waals surface area contributed by atoms with Gasteiger partial charge < -0.3 is 9.84 Å². The topological polar surface area (TPSA) is 87.2 Å². The fourth-order valence-electron chi connectivity index (χ4n) is 1.90. The van der Waals surface area contributed by atoms with Crippen LogP contribution >= 0.6 is 0 Å². The van der Waals surface area contributed by atoms with Gasteiger partial charge in [0, 0.05) is 11.9 Å². The van der Waals surface area contributed by atoms with Crippen molar-refractivity contribution in [2.75, 3.05) is 7.11 Å². The van der Waals surface area contributed by atoms with Gasteiger partial charge in [0.05, 0.1) is 24.9 Å². The average Bonchev–Trinajstić information content (AvgIpc) is 2.85.